The van der Waals surface area contributed by atoms with Crippen LogP contribution in [-0.2, 0) is 41.9 Å². The van der Waals surface area contributed by atoms with Gasteiger partial charge in [0.15, 0.2) is 0 Å². The molecule has 37 heavy (non-hydrogen) atoms. The summed E-state index contributed by atoms with van der Waals surface area (Å²) < 4.78 is 10.4. The number of benzene rings is 2. The number of anilines is 2. The Bertz CT molecular complexity index is 1300. The lowest BCUT2D eigenvalue weighted by atomic mass is 9.71. The van der Waals surface area contributed by atoms with E-state index in [1.807, 2.05) is 25.1 Å². The fraction of sp³-hybridized carbons (Fsp3) is 0.379. The van der Waals surface area contributed by atoms with Crippen molar-refractivity contribution in [3.63, 3.8) is 0 Å². The molecule has 4 amide bonds. The Balaban J connectivity index is 1.39. The molecule has 8 nitrogen and oxygen atoms in total. The van der Waals surface area contributed by atoms with Crippen molar-refractivity contribution in [3.8, 4) is 0 Å². The van der Waals surface area contributed by atoms with Crippen LogP contribution in [0.1, 0.15) is 30.9 Å². The highest BCUT2D eigenvalue weighted by Gasteiger charge is 2.54. The molecular formula is C29H30N2O6. The number of amides is 4. The molecule has 4 atom stereocenters. The molecule has 1 aliphatic carbocycles. The molecule has 0 aromatic heterocycles. The van der Waals surface area contributed by atoms with Gasteiger partial charge in [0.25, 0.3) is 0 Å². The molecule has 2 heterocycles. The fourth-order valence-corrected chi connectivity index (χ4v) is 5.98. The van der Waals surface area contributed by atoms with E-state index < -0.39 is 17.8 Å². The Morgan fingerprint density at radius 2 is 1.35 bits per heavy atom. The summed E-state index contributed by atoms with van der Waals surface area (Å²) in [4.78, 5) is 55.9. The molecule has 2 saturated heterocycles. The Kier molecular flexibility index (Phi) is 6.79. The van der Waals surface area contributed by atoms with Gasteiger partial charge in [-0.2, -0.15) is 0 Å². The third kappa shape index (κ3) is 4.40. The topological polar surface area (TPSA) is 93.2 Å². The number of methoxy groups -OCH3 is 2. The lowest BCUT2D eigenvalue weighted by Gasteiger charge is -2.29. The minimum atomic E-state index is -0.573. The van der Waals surface area contributed by atoms with Gasteiger partial charge in [-0.1, -0.05) is 35.9 Å². The van der Waals surface area contributed by atoms with Crippen LogP contribution in [0.3, 0.4) is 0 Å². The van der Waals surface area contributed by atoms with Crippen LogP contribution in [-0.4, -0.2) is 37.8 Å². The molecule has 192 valence electrons. The third-order valence-electron chi connectivity index (χ3n) is 7.58. The number of hydrogen-bond donors (Lipinski definition) is 0. The maximum Gasteiger partial charge on any atom is 0.241 e. The first-order valence-electron chi connectivity index (χ1n) is 12.4. The number of rotatable bonds is 7. The number of fused-ring (bicyclic) bond motifs is 1. The molecule has 2 fully saturated rings. The lowest BCUT2D eigenvalue weighted by molar-refractivity contribution is -0.125. The fourth-order valence-electron chi connectivity index (χ4n) is 5.98. The maximum absolute atomic E-state index is 13.5. The predicted molar refractivity (Wildman–Crippen MR) is 136 cm³/mol. The highest BCUT2D eigenvalue weighted by Crippen LogP contribution is 2.46. The van der Waals surface area contributed by atoms with Crippen molar-refractivity contribution < 1.29 is 28.7 Å². The van der Waals surface area contributed by atoms with Gasteiger partial charge in [-0.3, -0.25) is 24.1 Å². The molecule has 0 radical (unpaired) electrons. The highest BCUT2D eigenvalue weighted by atomic mass is 16.5. The highest BCUT2D eigenvalue weighted by molar-refractivity contribution is 6.23. The molecular weight excluding hydrogens is 472 g/mol. The first-order valence-corrected chi connectivity index (χ1v) is 12.4. The van der Waals surface area contributed by atoms with Crippen LogP contribution in [0.25, 0.3) is 0 Å². The Morgan fingerprint density at radius 3 is 1.95 bits per heavy atom. The second-order valence-corrected chi connectivity index (χ2v) is 9.99. The Morgan fingerprint density at radius 1 is 0.784 bits per heavy atom. The molecule has 8 heteroatoms. The number of allylic oxidation sites excluding steroid dienone is 1. The molecule has 5 rings (SSSR count). The van der Waals surface area contributed by atoms with E-state index in [0.717, 1.165) is 16.7 Å². The van der Waals surface area contributed by atoms with Crippen LogP contribution in [0, 0.1) is 23.7 Å². The molecule has 0 unspecified atom stereocenters. The smallest absolute Gasteiger partial charge is 0.241 e. The molecule has 0 saturated carbocycles. The van der Waals surface area contributed by atoms with Crippen molar-refractivity contribution in [3.05, 3.63) is 71.3 Å². The van der Waals surface area contributed by atoms with Gasteiger partial charge in [-0.15, -0.1) is 0 Å². The lowest BCUT2D eigenvalue weighted by Crippen LogP contribution is -2.35. The van der Waals surface area contributed by atoms with Crippen molar-refractivity contribution in [1.29, 1.82) is 0 Å². The normalized spacial score (nSPS) is 25.6. The largest absolute Gasteiger partial charge is 0.380 e. The number of imide groups is 2. The average Bonchev–Trinajstić information content (AvgIpc) is 3.31. The number of carbonyl (C=O) groups excluding carboxylic acids is 4. The van der Waals surface area contributed by atoms with Crippen LogP contribution in [0.4, 0.5) is 11.4 Å². The van der Waals surface area contributed by atoms with Crippen LogP contribution >= 0.6 is 0 Å². The SMILES string of the molecule is COCc1cccc(N2C(=O)C[C@@H]([C@@H]3C=C(C)[C@@H]4C(=O)N(c5cccc(COC)c5)C(=O)[C@@H]4C3)C2=O)c1. The second-order valence-electron chi connectivity index (χ2n) is 9.99. The van der Waals surface area contributed by atoms with E-state index in [1.54, 1.807) is 50.6 Å². The zero-order valence-electron chi connectivity index (χ0n) is 21.2. The standard InChI is InChI=1S/C29H30N2O6/c1-17-10-20(23-14-25(32)30(27(23)33)21-8-4-6-18(11-21)15-36-2)13-24-26(17)29(35)31(28(24)34)22-9-5-7-19(12-22)16-37-3/h4-12,20,23-24,26H,13-16H2,1-3H3/t20-,23+,24-,26+/m1/s1. The molecule has 0 spiro atoms. The van der Waals surface area contributed by atoms with Crippen LogP contribution < -0.4 is 9.80 Å². The van der Waals surface area contributed by atoms with Crippen LogP contribution in [0.5, 0.6) is 0 Å². The van der Waals surface area contributed by atoms with E-state index in [1.165, 1.54) is 9.80 Å². The molecule has 2 aromatic rings. The monoisotopic (exact) mass is 502 g/mol. The second kappa shape index (κ2) is 10.0. The van der Waals surface area contributed by atoms with E-state index in [4.69, 9.17) is 9.47 Å². The summed E-state index contributed by atoms with van der Waals surface area (Å²) in [5, 5.41) is 0. The van der Waals surface area contributed by atoms with Crippen molar-refractivity contribution in [2.24, 2.45) is 23.7 Å². The summed E-state index contributed by atoms with van der Waals surface area (Å²) in [6.45, 7) is 2.59. The van der Waals surface area contributed by atoms with Crippen molar-refractivity contribution >= 4 is 35.0 Å². The van der Waals surface area contributed by atoms with Gasteiger partial charge in [0.2, 0.25) is 23.6 Å². The molecule has 2 aliphatic heterocycles. The maximum atomic E-state index is 13.5. The quantitative estimate of drug-likeness (QED) is 0.424. The average molecular weight is 503 g/mol. The van der Waals surface area contributed by atoms with Gasteiger partial charge < -0.3 is 9.47 Å². The minimum Gasteiger partial charge on any atom is -0.380 e. The minimum absolute atomic E-state index is 0.0735. The molecule has 2 aromatic carbocycles. The van der Waals surface area contributed by atoms with E-state index in [-0.39, 0.29) is 36.0 Å². The molecule has 0 N–H and O–H groups in total. The summed E-state index contributed by atoms with van der Waals surface area (Å²) in [6.07, 6.45) is 2.35. The third-order valence-corrected chi connectivity index (χ3v) is 7.58. The van der Waals surface area contributed by atoms with E-state index in [9.17, 15) is 19.2 Å². The van der Waals surface area contributed by atoms with E-state index >= 15 is 0 Å². The van der Waals surface area contributed by atoms with Crippen molar-refractivity contribution in [2.75, 3.05) is 24.0 Å². The van der Waals surface area contributed by atoms with Gasteiger partial charge in [0, 0.05) is 20.6 Å². The van der Waals surface area contributed by atoms with Gasteiger partial charge in [0.1, 0.15) is 0 Å². The first-order chi connectivity index (χ1) is 17.8. The van der Waals surface area contributed by atoms with E-state index in [2.05, 4.69) is 0 Å². The summed E-state index contributed by atoms with van der Waals surface area (Å²) in [7, 11) is 3.18. The number of ether oxygens (including phenoxy) is 2. The van der Waals surface area contributed by atoms with E-state index in [0.29, 0.717) is 31.0 Å². The summed E-state index contributed by atoms with van der Waals surface area (Å²) in [5.74, 6) is -3.03. The van der Waals surface area contributed by atoms with Crippen molar-refractivity contribution in [1.82, 2.24) is 0 Å². The molecule has 0 bridgehead atoms. The first kappa shape index (κ1) is 25.0. The van der Waals surface area contributed by atoms with Crippen molar-refractivity contribution in [2.45, 2.75) is 33.0 Å². The van der Waals surface area contributed by atoms with Crippen LogP contribution in [0.15, 0.2) is 60.2 Å². The van der Waals surface area contributed by atoms with Gasteiger partial charge in [-0.05, 0) is 54.7 Å². The van der Waals surface area contributed by atoms with Gasteiger partial charge in [-0.25, -0.2) is 4.90 Å². The summed E-state index contributed by atoms with van der Waals surface area (Å²) in [6, 6.07) is 14.4. The summed E-state index contributed by atoms with van der Waals surface area (Å²) >= 11 is 0. The van der Waals surface area contributed by atoms with Gasteiger partial charge >= 0.3 is 0 Å². The summed E-state index contributed by atoms with van der Waals surface area (Å²) in [5.41, 5.74) is 3.56. The zero-order valence-corrected chi connectivity index (χ0v) is 21.2. The number of hydrogen-bond acceptors (Lipinski definition) is 6. The van der Waals surface area contributed by atoms with Crippen LogP contribution in [0.2, 0.25) is 0 Å². The predicted octanol–water partition coefficient (Wildman–Crippen LogP) is 3.63. The Hall–Kier alpha value is -3.62. The van der Waals surface area contributed by atoms with Gasteiger partial charge in [0.05, 0.1) is 42.3 Å². The number of carbonyl (C=O) groups is 4. The number of nitrogens with zero attached hydrogens (tertiary/aromatic N) is 2. The zero-order chi connectivity index (χ0) is 26.3. The Labute approximate surface area is 215 Å². The molecule has 3 aliphatic rings.